The number of carbonyl (C=O) groups excluding carboxylic acids is 1. The number of carbonyl (C=O) groups is 1. The number of para-hydroxylation sites is 2. The van der Waals surface area contributed by atoms with Crippen molar-refractivity contribution in [2.24, 2.45) is 0 Å². The Morgan fingerprint density at radius 1 is 0.962 bits per heavy atom. The number of hydrogen-bond acceptors (Lipinski definition) is 4. The van der Waals surface area contributed by atoms with Crippen molar-refractivity contribution in [2.75, 3.05) is 45.3 Å². The van der Waals surface area contributed by atoms with Gasteiger partial charge in [0.15, 0.2) is 5.75 Å². The zero-order valence-electron chi connectivity index (χ0n) is 14.7. The summed E-state index contributed by atoms with van der Waals surface area (Å²) in [4.78, 5) is 16.8. The molecule has 1 saturated heterocycles. The van der Waals surface area contributed by atoms with E-state index in [-0.39, 0.29) is 5.91 Å². The molecule has 0 spiro atoms. The van der Waals surface area contributed by atoms with Crippen molar-refractivity contribution in [1.29, 1.82) is 0 Å². The van der Waals surface area contributed by atoms with Crippen molar-refractivity contribution in [3.63, 3.8) is 0 Å². The molecule has 1 heterocycles. The van der Waals surface area contributed by atoms with Crippen molar-refractivity contribution < 1.29 is 14.3 Å². The lowest BCUT2D eigenvalue weighted by molar-refractivity contribution is 0.0746. The summed E-state index contributed by atoms with van der Waals surface area (Å²) in [5.41, 5.74) is 1.50. The van der Waals surface area contributed by atoms with Gasteiger partial charge >= 0.3 is 0 Å². The van der Waals surface area contributed by atoms with Crippen molar-refractivity contribution in [1.82, 2.24) is 4.90 Å². The molecule has 0 aliphatic carbocycles. The van der Waals surface area contributed by atoms with E-state index in [9.17, 15) is 4.79 Å². The smallest absolute Gasteiger partial charge is 0.254 e. The zero-order chi connectivity index (χ0) is 18.7. The van der Waals surface area contributed by atoms with Crippen LogP contribution in [0.4, 0.5) is 5.69 Å². The number of nitrogens with zero attached hydrogens (tertiary/aromatic N) is 2. The maximum Gasteiger partial charge on any atom is 0.254 e. The second-order valence-electron chi connectivity index (χ2n) is 5.92. The van der Waals surface area contributed by atoms with E-state index in [0.29, 0.717) is 34.4 Å². The van der Waals surface area contributed by atoms with Crippen LogP contribution in [-0.4, -0.2) is 51.2 Å². The number of methoxy groups -OCH3 is 2. The fourth-order valence-corrected chi connectivity index (χ4v) is 3.74. The molecule has 1 amide bonds. The fourth-order valence-electron chi connectivity index (χ4n) is 3.10. The molecule has 0 radical (unpaired) electrons. The Balaban J connectivity index is 1.71. The highest BCUT2D eigenvalue weighted by Gasteiger charge is 2.25. The van der Waals surface area contributed by atoms with Gasteiger partial charge in [-0.25, -0.2) is 0 Å². The minimum atomic E-state index is -0.0869. The van der Waals surface area contributed by atoms with Crippen LogP contribution in [0.2, 0.25) is 10.0 Å². The van der Waals surface area contributed by atoms with Gasteiger partial charge in [0.05, 0.1) is 30.0 Å². The van der Waals surface area contributed by atoms with Gasteiger partial charge < -0.3 is 19.3 Å². The highest BCUT2D eigenvalue weighted by Crippen LogP contribution is 2.34. The van der Waals surface area contributed by atoms with E-state index >= 15 is 0 Å². The number of ether oxygens (including phenoxy) is 2. The Morgan fingerprint density at radius 3 is 2.15 bits per heavy atom. The molecule has 26 heavy (non-hydrogen) atoms. The molecule has 1 fully saturated rings. The predicted octanol–water partition coefficient (Wildman–Crippen LogP) is 3.97. The van der Waals surface area contributed by atoms with E-state index in [1.54, 1.807) is 24.1 Å². The van der Waals surface area contributed by atoms with Gasteiger partial charge in [-0.1, -0.05) is 35.3 Å². The van der Waals surface area contributed by atoms with Gasteiger partial charge in [-0.3, -0.25) is 4.79 Å². The van der Waals surface area contributed by atoms with Crippen LogP contribution in [-0.2, 0) is 0 Å². The van der Waals surface area contributed by atoms with Crippen LogP contribution >= 0.6 is 23.2 Å². The standard InChI is InChI=1S/C19H20Cl2N2O3/c1-25-17-6-4-3-5-16(17)22-7-9-23(10-8-22)19(24)13-11-14(20)18(26-2)15(21)12-13/h3-6,11-12H,7-10H2,1-2H3. The van der Waals surface area contributed by atoms with E-state index in [0.717, 1.165) is 24.5 Å². The Kier molecular flexibility index (Phi) is 5.79. The summed E-state index contributed by atoms with van der Waals surface area (Å²) < 4.78 is 10.6. The molecule has 0 saturated carbocycles. The van der Waals surface area contributed by atoms with Crippen LogP contribution in [0.3, 0.4) is 0 Å². The number of rotatable bonds is 4. The average Bonchev–Trinajstić information content (AvgIpc) is 2.67. The van der Waals surface area contributed by atoms with Crippen LogP contribution in [0, 0.1) is 0 Å². The third kappa shape index (κ3) is 3.69. The van der Waals surface area contributed by atoms with Gasteiger partial charge in [0, 0.05) is 31.7 Å². The number of benzene rings is 2. The Hall–Kier alpha value is -2.11. The van der Waals surface area contributed by atoms with Gasteiger partial charge in [0.1, 0.15) is 5.75 Å². The zero-order valence-corrected chi connectivity index (χ0v) is 16.2. The number of halogens is 2. The van der Waals surface area contributed by atoms with Crippen molar-refractivity contribution in [2.45, 2.75) is 0 Å². The number of piperazine rings is 1. The van der Waals surface area contributed by atoms with E-state index in [1.165, 1.54) is 7.11 Å². The first-order valence-corrected chi connectivity index (χ1v) is 9.01. The molecule has 1 aliphatic heterocycles. The van der Waals surface area contributed by atoms with Gasteiger partial charge in [0.25, 0.3) is 5.91 Å². The molecule has 0 bridgehead atoms. The molecule has 5 nitrogen and oxygen atoms in total. The topological polar surface area (TPSA) is 42.0 Å². The molecule has 0 N–H and O–H groups in total. The third-order valence-corrected chi connectivity index (χ3v) is 5.00. The monoisotopic (exact) mass is 394 g/mol. The Bertz CT molecular complexity index is 782. The summed E-state index contributed by atoms with van der Waals surface area (Å²) in [5, 5.41) is 0.659. The normalized spacial score (nSPS) is 14.3. The lowest BCUT2D eigenvalue weighted by Gasteiger charge is -2.36. The van der Waals surface area contributed by atoms with E-state index in [4.69, 9.17) is 32.7 Å². The second-order valence-corrected chi connectivity index (χ2v) is 6.74. The fraction of sp³-hybridized carbons (Fsp3) is 0.316. The molecule has 2 aromatic carbocycles. The maximum absolute atomic E-state index is 12.8. The van der Waals surface area contributed by atoms with Crippen LogP contribution in [0.15, 0.2) is 36.4 Å². The number of amides is 1. The summed E-state index contributed by atoms with van der Waals surface area (Å²) in [5.74, 6) is 1.13. The average molecular weight is 395 g/mol. The van der Waals surface area contributed by atoms with Crippen molar-refractivity contribution in [3.05, 3.63) is 52.0 Å². The predicted molar refractivity (Wildman–Crippen MR) is 104 cm³/mol. The SMILES string of the molecule is COc1ccccc1N1CCN(C(=O)c2cc(Cl)c(OC)c(Cl)c2)CC1. The quantitative estimate of drug-likeness (QED) is 0.786. The van der Waals surface area contributed by atoms with Crippen LogP contribution in [0.5, 0.6) is 11.5 Å². The minimum absolute atomic E-state index is 0.0869. The maximum atomic E-state index is 12.8. The van der Waals surface area contributed by atoms with Crippen molar-refractivity contribution in [3.8, 4) is 11.5 Å². The molecule has 0 atom stereocenters. The summed E-state index contributed by atoms with van der Waals surface area (Å²) in [6.45, 7) is 2.67. The Labute approximate surface area is 163 Å². The third-order valence-electron chi connectivity index (χ3n) is 4.44. The molecule has 3 rings (SSSR count). The molecule has 2 aromatic rings. The van der Waals surface area contributed by atoms with Crippen LogP contribution in [0.25, 0.3) is 0 Å². The summed E-state index contributed by atoms with van der Waals surface area (Å²) >= 11 is 12.3. The highest BCUT2D eigenvalue weighted by atomic mass is 35.5. The molecule has 1 aliphatic rings. The van der Waals surface area contributed by atoms with Crippen LogP contribution < -0.4 is 14.4 Å². The lowest BCUT2D eigenvalue weighted by atomic mass is 10.1. The van der Waals surface area contributed by atoms with Gasteiger partial charge in [-0.05, 0) is 24.3 Å². The van der Waals surface area contributed by atoms with Crippen molar-refractivity contribution >= 4 is 34.8 Å². The van der Waals surface area contributed by atoms with Crippen LogP contribution in [0.1, 0.15) is 10.4 Å². The molecular formula is C19H20Cl2N2O3. The summed E-state index contributed by atoms with van der Waals surface area (Å²) in [6.07, 6.45) is 0. The second kappa shape index (κ2) is 8.06. The first kappa shape index (κ1) is 18.7. The first-order valence-electron chi connectivity index (χ1n) is 8.25. The van der Waals surface area contributed by atoms with Gasteiger partial charge in [-0.2, -0.15) is 0 Å². The highest BCUT2D eigenvalue weighted by molar-refractivity contribution is 6.37. The Morgan fingerprint density at radius 2 is 1.58 bits per heavy atom. The van der Waals surface area contributed by atoms with Gasteiger partial charge in [0.2, 0.25) is 0 Å². The largest absolute Gasteiger partial charge is 0.495 e. The van der Waals surface area contributed by atoms with E-state index < -0.39 is 0 Å². The van der Waals surface area contributed by atoms with Gasteiger partial charge in [-0.15, -0.1) is 0 Å². The minimum Gasteiger partial charge on any atom is -0.495 e. The molecule has 0 aromatic heterocycles. The molecule has 0 unspecified atom stereocenters. The number of hydrogen-bond donors (Lipinski definition) is 0. The van der Waals surface area contributed by atoms with E-state index in [1.807, 2.05) is 24.3 Å². The molecule has 7 heteroatoms. The van der Waals surface area contributed by atoms with E-state index in [2.05, 4.69) is 4.90 Å². The lowest BCUT2D eigenvalue weighted by Crippen LogP contribution is -2.48. The summed E-state index contributed by atoms with van der Waals surface area (Å²) in [6, 6.07) is 11.1. The molecular weight excluding hydrogens is 375 g/mol. The first-order chi connectivity index (χ1) is 12.5. The molecule has 138 valence electrons. The number of anilines is 1. The summed E-state index contributed by atoms with van der Waals surface area (Å²) in [7, 11) is 3.15.